The molecule has 6 rings (SSSR count). The van der Waals surface area contributed by atoms with Gasteiger partial charge >= 0.3 is 0 Å². The second-order valence-corrected chi connectivity index (χ2v) is 9.64. The van der Waals surface area contributed by atoms with Gasteiger partial charge in [0.05, 0.1) is 22.8 Å². The van der Waals surface area contributed by atoms with Gasteiger partial charge in [-0.3, -0.25) is 14.1 Å². The summed E-state index contributed by atoms with van der Waals surface area (Å²) in [6.45, 7) is 3.12. The number of nitrogens with one attached hydrogen (secondary N) is 1. The summed E-state index contributed by atoms with van der Waals surface area (Å²) in [5, 5.41) is 8.12. The number of carbonyl (C=O) groups is 1. The van der Waals surface area contributed by atoms with Crippen LogP contribution < -0.4 is 0 Å². The van der Waals surface area contributed by atoms with Crippen molar-refractivity contribution < 1.29 is 4.79 Å². The zero-order valence-corrected chi connectivity index (χ0v) is 20.1. The average molecular weight is 483 g/mol. The number of amides is 1. The fourth-order valence-electron chi connectivity index (χ4n) is 4.87. The first-order chi connectivity index (χ1) is 17.3. The number of rotatable bonds is 6. The summed E-state index contributed by atoms with van der Waals surface area (Å²) in [6.07, 6.45) is 0. The largest absolute Gasteiger partial charge is 0.339 e. The van der Waals surface area contributed by atoms with Gasteiger partial charge in [-0.15, -0.1) is 5.10 Å². The van der Waals surface area contributed by atoms with Gasteiger partial charge in [0.25, 0.3) is 0 Å². The number of thioether (sulfide) groups is 1. The lowest BCUT2D eigenvalue weighted by Gasteiger charge is -2.39. The second-order valence-electron chi connectivity index (χ2n) is 8.70. The predicted molar refractivity (Wildman–Crippen MR) is 138 cm³/mol. The Kier molecular flexibility index (Phi) is 5.98. The van der Waals surface area contributed by atoms with E-state index in [0.29, 0.717) is 11.5 Å². The second kappa shape index (κ2) is 9.56. The van der Waals surface area contributed by atoms with Crippen molar-refractivity contribution in [3.05, 3.63) is 96.1 Å². The molecule has 0 radical (unpaired) electrons. The van der Waals surface area contributed by atoms with E-state index in [1.54, 1.807) is 0 Å². The molecule has 1 N–H and O–H groups in total. The van der Waals surface area contributed by atoms with E-state index in [9.17, 15) is 4.79 Å². The Balaban J connectivity index is 1.12. The molecule has 7 nitrogen and oxygen atoms in total. The van der Waals surface area contributed by atoms with Crippen molar-refractivity contribution in [3.8, 4) is 0 Å². The van der Waals surface area contributed by atoms with Gasteiger partial charge < -0.3 is 4.90 Å². The third-order valence-corrected chi connectivity index (χ3v) is 7.51. The molecule has 8 heteroatoms. The van der Waals surface area contributed by atoms with E-state index in [-0.39, 0.29) is 11.9 Å². The van der Waals surface area contributed by atoms with Gasteiger partial charge in [-0.1, -0.05) is 84.6 Å². The van der Waals surface area contributed by atoms with Crippen LogP contribution in [0.5, 0.6) is 0 Å². The normalized spacial score (nSPS) is 14.8. The number of nitrogens with zero attached hydrogens (tertiary/aromatic N) is 5. The average Bonchev–Trinajstić information content (AvgIpc) is 3.49. The molecule has 0 spiro atoms. The first-order valence-electron chi connectivity index (χ1n) is 11.8. The van der Waals surface area contributed by atoms with Crippen LogP contribution in [0.1, 0.15) is 17.2 Å². The summed E-state index contributed by atoms with van der Waals surface area (Å²) in [5.41, 5.74) is 4.47. The number of fused-ring (bicyclic) bond motifs is 3. The maximum absolute atomic E-state index is 13.1. The van der Waals surface area contributed by atoms with Gasteiger partial charge in [-0.25, -0.2) is 10.1 Å². The minimum absolute atomic E-state index is 0.145. The summed E-state index contributed by atoms with van der Waals surface area (Å²) >= 11 is 1.45. The van der Waals surface area contributed by atoms with E-state index in [1.165, 1.54) is 22.9 Å². The maximum atomic E-state index is 13.1. The molecule has 0 bridgehead atoms. The van der Waals surface area contributed by atoms with Crippen LogP contribution in [0.3, 0.4) is 0 Å². The predicted octanol–water partition coefficient (Wildman–Crippen LogP) is 4.24. The van der Waals surface area contributed by atoms with E-state index < -0.39 is 0 Å². The summed E-state index contributed by atoms with van der Waals surface area (Å²) in [4.78, 5) is 22.1. The van der Waals surface area contributed by atoms with E-state index in [1.807, 2.05) is 33.6 Å². The van der Waals surface area contributed by atoms with Crippen LogP contribution >= 0.6 is 11.8 Å². The summed E-state index contributed by atoms with van der Waals surface area (Å²) < 4.78 is 1.98. The fourth-order valence-corrected chi connectivity index (χ4v) is 5.73. The molecule has 0 atom stereocenters. The number of piperazine rings is 1. The van der Waals surface area contributed by atoms with Crippen molar-refractivity contribution in [2.75, 3.05) is 31.9 Å². The van der Waals surface area contributed by atoms with Crippen LogP contribution in [0, 0.1) is 0 Å². The van der Waals surface area contributed by atoms with Crippen LogP contribution in [0.25, 0.3) is 16.8 Å². The molecule has 35 heavy (non-hydrogen) atoms. The molecule has 5 aromatic rings. The molecule has 1 aliphatic heterocycles. The first-order valence-corrected chi connectivity index (χ1v) is 12.8. The number of hydrogen-bond donors (Lipinski definition) is 1. The number of carbonyl (C=O) groups excluding carboxylic acids is 1. The highest BCUT2D eigenvalue weighted by atomic mass is 32.2. The first kappa shape index (κ1) is 21.9. The van der Waals surface area contributed by atoms with Gasteiger partial charge in [-0.2, -0.15) is 0 Å². The quantitative estimate of drug-likeness (QED) is 0.367. The zero-order chi connectivity index (χ0) is 23.6. The molecule has 1 saturated heterocycles. The van der Waals surface area contributed by atoms with Crippen LogP contribution in [0.4, 0.5) is 0 Å². The number of aromatic amines is 1. The van der Waals surface area contributed by atoms with Crippen molar-refractivity contribution >= 4 is 34.5 Å². The number of aromatic nitrogens is 4. The number of imidazole rings is 1. The minimum Gasteiger partial charge on any atom is -0.339 e. The highest BCUT2D eigenvalue weighted by molar-refractivity contribution is 7.99. The monoisotopic (exact) mass is 482 g/mol. The van der Waals surface area contributed by atoms with Crippen molar-refractivity contribution in [2.24, 2.45) is 0 Å². The lowest BCUT2D eigenvalue weighted by atomic mass is 9.96. The summed E-state index contributed by atoms with van der Waals surface area (Å²) in [7, 11) is 0. The number of benzene rings is 3. The zero-order valence-electron chi connectivity index (χ0n) is 19.2. The number of hydrogen-bond acceptors (Lipinski definition) is 5. The standard InChI is InChI=1S/C27H26N6OS/c34-24(19-35-27-30-29-26-28-22-13-7-8-14-23(22)33(26)27)31-15-17-32(18-16-31)25(20-9-3-1-4-10-20)21-11-5-2-6-12-21/h1-14,25H,15-19H2,(H,28,29). The third-order valence-electron chi connectivity index (χ3n) is 6.59. The molecule has 3 aromatic carbocycles. The fraction of sp³-hybridized carbons (Fsp3) is 0.222. The van der Waals surface area contributed by atoms with E-state index in [4.69, 9.17) is 0 Å². The lowest BCUT2D eigenvalue weighted by molar-refractivity contribution is -0.130. The molecule has 1 amide bonds. The van der Waals surface area contributed by atoms with Gasteiger partial charge in [0.2, 0.25) is 11.7 Å². The van der Waals surface area contributed by atoms with Crippen molar-refractivity contribution in [2.45, 2.75) is 11.2 Å². The molecule has 176 valence electrons. The Bertz CT molecular complexity index is 1400. The Hall–Kier alpha value is -3.62. The molecule has 0 saturated carbocycles. The van der Waals surface area contributed by atoms with E-state index in [2.05, 4.69) is 80.7 Å². The van der Waals surface area contributed by atoms with Crippen LogP contribution in [-0.2, 0) is 4.79 Å². The van der Waals surface area contributed by atoms with Crippen molar-refractivity contribution in [3.63, 3.8) is 0 Å². The number of para-hydroxylation sites is 2. The Morgan fingerprint density at radius 2 is 1.49 bits per heavy atom. The van der Waals surface area contributed by atoms with Gasteiger partial charge in [0, 0.05) is 26.2 Å². The molecule has 1 aliphatic rings. The van der Waals surface area contributed by atoms with E-state index >= 15 is 0 Å². The van der Waals surface area contributed by atoms with E-state index in [0.717, 1.165) is 42.4 Å². The van der Waals surface area contributed by atoms with Crippen LogP contribution in [0.2, 0.25) is 0 Å². The molecule has 0 aliphatic carbocycles. The minimum atomic E-state index is 0.145. The van der Waals surface area contributed by atoms with Crippen molar-refractivity contribution in [1.29, 1.82) is 0 Å². The Morgan fingerprint density at radius 1 is 0.857 bits per heavy atom. The smallest absolute Gasteiger partial charge is 0.233 e. The van der Waals surface area contributed by atoms with Crippen molar-refractivity contribution in [1.82, 2.24) is 29.4 Å². The SMILES string of the molecule is O=C(CSc1n[nH]c2nc3ccccc3n12)N1CCN(C(c2ccccc2)c2ccccc2)CC1. The highest BCUT2D eigenvalue weighted by Crippen LogP contribution is 2.30. The van der Waals surface area contributed by atoms with Gasteiger partial charge in [0.15, 0.2) is 5.16 Å². The topological polar surface area (TPSA) is 69.5 Å². The number of H-pyrrole nitrogens is 1. The molecular formula is C27H26N6OS. The van der Waals surface area contributed by atoms with Crippen LogP contribution in [-0.4, -0.2) is 67.2 Å². The third kappa shape index (κ3) is 4.31. The maximum Gasteiger partial charge on any atom is 0.233 e. The summed E-state index contributed by atoms with van der Waals surface area (Å²) in [5.74, 6) is 1.20. The molecular weight excluding hydrogens is 456 g/mol. The molecule has 2 aromatic heterocycles. The summed E-state index contributed by atoms with van der Waals surface area (Å²) in [6, 6.07) is 29.4. The highest BCUT2D eigenvalue weighted by Gasteiger charge is 2.28. The molecule has 0 unspecified atom stereocenters. The van der Waals surface area contributed by atoms with Crippen LogP contribution in [0.15, 0.2) is 90.1 Å². The van der Waals surface area contributed by atoms with Gasteiger partial charge in [0.1, 0.15) is 0 Å². The Morgan fingerprint density at radius 3 is 2.17 bits per heavy atom. The van der Waals surface area contributed by atoms with Gasteiger partial charge in [-0.05, 0) is 23.3 Å². The lowest BCUT2D eigenvalue weighted by Crippen LogP contribution is -2.50. The Labute approximate surface area is 207 Å². The molecule has 3 heterocycles. The molecule has 1 fully saturated rings.